The number of aromatic nitrogens is 5. The van der Waals surface area contributed by atoms with E-state index in [2.05, 4.69) is 44.1 Å². The SMILES string of the molecule is CC(C)c1noc2ncc(C(=O)N3CCC(c4nnc5n4CCNC5)CC3)cc12. The Labute approximate surface area is 168 Å². The lowest BCUT2D eigenvalue weighted by atomic mass is 9.95. The van der Waals surface area contributed by atoms with Gasteiger partial charge in [-0.05, 0) is 24.8 Å². The standard InChI is InChI=1S/C20H25N7O2/c1-12(2)17-15-9-14(10-22-19(15)29-25-17)20(28)26-6-3-13(4-7-26)18-24-23-16-11-21-5-8-27(16)18/h9-10,12-13,21H,3-8,11H2,1-2H3. The molecule has 9 heteroatoms. The Kier molecular flexibility index (Phi) is 4.54. The Morgan fingerprint density at radius 2 is 2.07 bits per heavy atom. The van der Waals surface area contributed by atoms with Gasteiger partial charge in [0.05, 0.1) is 23.2 Å². The van der Waals surface area contributed by atoms with E-state index < -0.39 is 0 Å². The summed E-state index contributed by atoms with van der Waals surface area (Å²) in [6.45, 7) is 8.17. The molecule has 9 nitrogen and oxygen atoms in total. The molecule has 1 saturated heterocycles. The summed E-state index contributed by atoms with van der Waals surface area (Å²) in [5.41, 5.74) is 1.91. The van der Waals surface area contributed by atoms with E-state index in [1.807, 2.05) is 11.0 Å². The first kappa shape index (κ1) is 18.2. The Morgan fingerprint density at radius 3 is 2.86 bits per heavy atom. The summed E-state index contributed by atoms with van der Waals surface area (Å²) < 4.78 is 7.53. The van der Waals surface area contributed by atoms with Crippen molar-refractivity contribution in [3.05, 3.63) is 35.2 Å². The third kappa shape index (κ3) is 3.19. The number of carbonyl (C=O) groups excluding carboxylic acids is 1. The van der Waals surface area contributed by atoms with Crippen LogP contribution in [0.25, 0.3) is 11.1 Å². The number of pyridine rings is 1. The number of rotatable bonds is 3. The van der Waals surface area contributed by atoms with Crippen LogP contribution in [0, 0.1) is 0 Å². The van der Waals surface area contributed by atoms with E-state index in [4.69, 9.17) is 4.52 Å². The molecule has 0 aliphatic carbocycles. The number of hydrogen-bond donors (Lipinski definition) is 1. The third-order valence-electron chi connectivity index (χ3n) is 5.95. The molecule has 1 N–H and O–H groups in total. The van der Waals surface area contributed by atoms with Gasteiger partial charge in [0.25, 0.3) is 11.6 Å². The van der Waals surface area contributed by atoms with Crippen LogP contribution in [0.3, 0.4) is 0 Å². The third-order valence-corrected chi connectivity index (χ3v) is 5.95. The highest BCUT2D eigenvalue weighted by atomic mass is 16.5. The lowest BCUT2D eigenvalue weighted by Gasteiger charge is -2.32. The van der Waals surface area contributed by atoms with E-state index >= 15 is 0 Å². The number of fused-ring (bicyclic) bond motifs is 2. The number of piperidine rings is 1. The van der Waals surface area contributed by atoms with Crippen molar-refractivity contribution in [1.29, 1.82) is 0 Å². The van der Waals surface area contributed by atoms with Gasteiger partial charge in [-0.15, -0.1) is 10.2 Å². The molecule has 29 heavy (non-hydrogen) atoms. The number of amides is 1. The lowest BCUT2D eigenvalue weighted by molar-refractivity contribution is 0.0710. The highest BCUT2D eigenvalue weighted by Gasteiger charge is 2.29. The van der Waals surface area contributed by atoms with Crippen LogP contribution >= 0.6 is 0 Å². The molecule has 1 amide bonds. The molecule has 5 rings (SSSR count). The Morgan fingerprint density at radius 1 is 1.24 bits per heavy atom. The zero-order valence-electron chi connectivity index (χ0n) is 16.8. The molecule has 0 atom stereocenters. The highest BCUT2D eigenvalue weighted by molar-refractivity contribution is 5.97. The van der Waals surface area contributed by atoms with E-state index in [9.17, 15) is 4.79 Å². The molecule has 0 spiro atoms. The van der Waals surface area contributed by atoms with Crippen LogP contribution in [-0.2, 0) is 13.1 Å². The summed E-state index contributed by atoms with van der Waals surface area (Å²) in [7, 11) is 0. The highest BCUT2D eigenvalue weighted by Crippen LogP contribution is 2.29. The van der Waals surface area contributed by atoms with Crippen LogP contribution in [0.5, 0.6) is 0 Å². The van der Waals surface area contributed by atoms with Crippen LogP contribution < -0.4 is 5.32 Å². The largest absolute Gasteiger partial charge is 0.339 e. The second-order valence-corrected chi connectivity index (χ2v) is 8.17. The fourth-order valence-corrected chi connectivity index (χ4v) is 4.32. The maximum atomic E-state index is 13.1. The fourth-order valence-electron chi connectivity index (χ4n) is 4.32. The van der Waals surface area contributed by atoms with Crippen molar-refractivity contribution in [2.75, 3.05) is 19.6 Å². The number of likely N-dealkylation sites (tertiary alicyclic amines) is 1. The summed E-state index contributed by atoms with van der Waals surface area (Å²) in [6.07, 6.45) is 3.39. The summed E-state index contributed by atoms with van der Waals surface area (Å²) in [5, 5.41) is 17.0. The van der Waals surface area contributed by atoms with E-state index in [0.29, 0.717) is 30.3 Å². The smallest absolute Gasteiger partial charge is 0.257 e. The molecule has 152 valence electrons. The van der Waals surface area contributed by atoms with Gasteiger partial charge < -0.3 is 19.3 Å². The minimum atomic E-state index is 0.0150. The summed E-state index contributed by atoms with van der Waals surface area (Å²) in [6, 6.07) is 1.87. The van der Waals surface area contributed by atoms with Gasteiger partial charge in [0, 0.05) is 38.3 Å². The molecule has 0 radical (unpaired) electrons. The molecule has 0 saturated carbocycles. The van der Waals surface area contributed by atoms with Gasteiger partial charge >= 0.3 is 0 Å². The molecule has 5 heterocycles. The monoisotopic (exact) mass is 395 g/mol. The lowest BCUT2D eigenvalue weighted by Crippen LogP contribution is -2.39. The predicted octanol–water partition coefficient (Wildman–Crippen LogP) is 2.06. The molecule has 0 unspecified atom stereocenters. The minimum Gasteiger partial charge on any atom is -0.339 e. The second kappa shape index (κ2) is 7.22. The van der Waals surface area contributed by atoms with Gasteiger partial charge in [-0.2, -0.15) is 0 Å². The predicted molar refractivity (Wildman–Crippen MR) is 106 cm³/mol. The number of nitrogens with one attached hydrogen (secondary N) is 1. The fraction of sp³-hybridized carbons (Fsp3) is 0.550. The number of carbonyl (C=O) groups is 1. The van der Waals surface area contributed by atoms with Gasteiger partial charge in [-0.3, -0.25) is 4.79 Å². The van der Waals surface area contributed by atoms with Crippen molar-refractivity contribution >= 4 is 17.0 Å². The topological polar surface area (TPSA) is 102 Å². The number of nitrogens with zero attached hydrogens (tertiary/aromatic N) is 6. The minimum absolute atomic E-state index is 0.0150. The summed E-state index contributed by atoms with van der Waals surface area (Å²) in [5.74, 6) is 2.66. The molecule has 2 aliphatic rings. The van der Waals surface area contributed by atoms with Gasteiger partial charge in [0.15, 0.2) is 0 Å². The van der Waals surface area contributed by atoms with E-state index in [1.54, 1.807) is 6.20 Å². The van der Waals surface area contributed by atoms with Gasteiger partial charge in [-0.1, -0.05) is 19.0 Å². The molecular weight excluding hydrogens is 370 g/mol. The summed E-state index contributed by atoms with van der Waals surface area (Å²) in [4.78, 5) is 19.3. The molecule has 1 fully saturated rings. The quantitative estimate of drug-likeness (QED) is 0.724. The van der Waals surface area contributed by atoms with Crippen molar-refractivity contribution in [1.82, 2.24) is 35.1 Å². The summed E-state index contributed by atoms with van der Waals surface area (Å²) >= 11 is 0. The van der Waals surface area contributed by atoms with Crippen molar-refractivity contribution in [2.24, 2.45) is 0 Å². The van der Waals surface area contributed by atoms with E-state index in [1.165, 1.54) is 0 Å². The van der Waals surface area contributed by atoms with Crippen molar-refractivity contribution in [3.8, 4) is 0 Å². The van der Waals surface area contributed by atoms with Crippen molar-refractivity contribution in [2.45, 2.75) is 51.6 Å². The molecular formula is C20H25N7O2. The average molecular weight is 395 g/mol. The molecule has 3 aromatic rings. The van der Waals surface area contributed by atoms with Crippen molar-refractivity contribution in [3.63, 3.8) is 0 Å². The first-order chi connectivity index (χ1) is 14.1. The van der Waals surface area contributed by atoms with E-state index in [-0.39, 0.29) is 11.8 Å². The second-order valence-electron chi connectivity index (χ2n) is 8.17. The molecule has 0 bridgehead atoms. The van der Waals surface area contributed by atoms with Crippen molar-refractivity contribution < 1.29 is 9.32 Å². The van der Waals surface area contributed by atoms with Crippen LogP contribution in [0.4, 0.5) is 0 Å². The zero-order chi connectivity index (χ0) is 20.0. The van der Waals surface area contributed by atoms with Gasteiger partial charge in [0.2, 0.25) is 0 Å². The maximum Gasteiger partial charge on any atom is 0.257 e. The van der Waals surface area contributed by atoms with Crippen LogP contribution in [0.2, 0.25) is 0 Å². The normalized spacial score (nSPS) is 17.8. The van der Waals surface area contributed by atoms with Crippen LogP contribution in [-0.4, -0.2) is 55.3 Å². The van der Waals surface area contributed by atoms with Gasteiger partial charge in [0.1, 0.15) is 11.6 Å². The Balaban J connectivity index is 1.31. The molecule has 3 aromatic heterocycles. The Bertz CT molecular complexity index is 1050. The average Bonchev–Trinajstić information content (AvgIpc) is 3.37. The maximum absolute atomic E-state index is 13.1. The van der Waals surface area contributed by atoms with Crippen LogP contribution in [0.15, 0.2) is 16.8 Å². The van der Waals surface area contributed by atoms with Gasteiger partial charge in [-0.25, -0.2) is 4.98 Å². The van der Waals surface area contributed by atoms with Crippen LogP contribution in [0.1, 0.15) is 66.2 Å². The first-order valence-corrected chi connectivity index (χ1v) is 10.3. The first-order valence-electron chi connectivity index (χ1n) is 10.3. The molecule has 2 aliphatic heterocycles. The number of hydrogen-bond acceptors (Lipinski definition) is 7. The molecule has 0 aromatic carbocycles. The Hall–Kier alpha value is -2.81. The zero-order valence-corrected chi connectivity index (χ0v) is 16.8. The van der Waals surface area contributed by atoms with E-state index in [0.717, 1.165) is 55.2 Å².